The lowest BCUT2D eigenvalue weighted by molar-refractivity contribution is -0.0426. The molecule has 3 rings (SSSR count). The van der Waals surface area contributed by atoms with Gasteiger partial charge >= 0.3 is 0 Å². The van der Waals surface area contributed by atoms with E-state index in [1.165, 1.54) is 7.11 Å². The van der Waals surface area contributed by atoms with Crippen molar-refractivity contribution in [3.8, 4) is 5.75 Å². The summed E-state index contributed by atoms with van der Waals surface area (Å²) < 4.78 is 5.35. The molecule has 128 valence electrons. The minimum absolute atomic E-state index is 0.144. The minimum Gasteiger partial charge on any atom is -0.495 e. The Morgan fingerprint density at radius 3 is 1.76 bits per heavy atom. The summed E-state index contributed by atoms with van der Waals surface area (Å²) in [4.78, 5) is 0. The third-order valence-electron chi connectivity index (χ3n) is 4.29. The third-order valence-corrected chi connectivity index (χ3v) is 4.29. The van der Waals surface area contributed by atoms with Crippen LogP contribution in [0.3, 0.4) is 0 Å². The van der Waals surface area contributed by atoms with Crippen LogP contribution in [0.15, 0.2) is 72.8 Å². The van der Waals surface area contributed by atoms with Gasteiger partial charge in [-0.25, -0.2) is 0 Å². The standard InChI is InChI=1S/C21H21NO3/c1-25-18-13-16(21(23)24)12-17(20(18)22)19(14-8-4-2-5-9-14)15-10-6-3-7-11-15/h2-13,19,21,23-24H,22H2,1H3. The highest BCUT2D eigenvalue weighted by molar-refractivity contribution is 5.65. The Morgan fingerprint density at radius 1 is 0.800 bits per heavy atom. The lowest BCUT2D eigenvalue weighted by atomic mass is 9.83. The molecule has 0 fully saturated rings. The van der Waals surface area contributed by atoms with Gasteiger partial charge in [0.05, 0.1) is 12.8 Å². The number of aliphatic hydroxyl groups excluding tert-OH is 1. The van der Waals surface area contributed by atoms with Crippen LogP contribution in [0.4, 0.5) is 5.69 Å². The first-order valence-corrected chi connectivity index (χ1v) is 8.05. The number of nitrogens with two attached hydrogens (primary N) is 1. The van der Waals surface area contributed by atoms with E-state index < -0.39 is 6.29 Å². The molecule has 0 aliphatic heterocycles. The van der Waals surface area contributed by atoms with Crippen LogP contribution in [0, 0.1) is 0 Å². The molecule has 0 amide bonds. The van der Waals surface area contributed by atoms with Gasteiger partial charge in [0.25, 0.3) is 0 Å². The molecule has 4 nitrogen and oxygen atoms in total. The SMILES string of the molecule is COc1cc(C(O)O)cc(C(c2ccccc2)c2ccccc2)c1N. The van der Waals surface area contributed by atoms with E-state index in [2.05, 4.69) is 0 Å². The van der Waals surface area contributed by atoms with Crippen LogP contribution in [0.1, 0.15) is 34.5 Å². The largest absolute Gasteiger partial charge is 0.495 e. The highest BCUT2D eigenvalue weighted by Gasteiger charge is 2.22. The molecular formula is C21H21NO3. The highest BCUT2D eigenvalue weighted by atomic mass is 16.5. The van der Waals surface area contributed by atoms with Crippen LogP contribution in [0.25, 0.3) is 0 Å². The maximum atomic E-state index is 9.64. The Bertz CT molecular complexity index is 793. The second-order valence-corrected chi connectivity index (χ2v) is 5.85. The van der Waals surface area contributed by atoms with Gasteiger partial charge in [-0.3, -0.25) is 0 Å². The van der Waals surface area contributed by atoms with E-state index in [9.17, 15) is 10.2 Å². The molecule has 0 aliphatic carbocycles. The minimum atomic E-state index is -1.60. The van der Waals surface area contributed by atoms with Crippen molar-refractivity contribution in [2.45, 2.75) is 12.2 Å². The molecule has 0 unspecified atom stereocenters. The smallest absolute Gasteiger partial charge is 0.178 e. The fraction of sp³-hybridized carbons (Fsp3) is 0.143. The van der Waals surface area contributed by atoms with Gasteiger partial charge in [0.1, 0.15) is 5.75 Å². The summed E-state index contributed by atoms with van der Waals surface area (Å²) in [7, 11) is 1.52. The number of nitrogen functional groups attached to an aromatic ring is 1. The topological polar surface area (TPSA) is 75.7 Å². The number of methoxy groups -OCH3 is 1. The van der Waals surface area contributed by atoms with E-state index in [1.807, 2.05) is 60.7 Å². The summed E-state index contributed by atoms with van der Waals surface area (Å²) in [5.41, 5.74) is 10.1. The molecule has 4 N–H and O–H groups in total. The van der Waals surface area contributed by atoms with Crippen LogP contribution in [0.2, 0.25) is 0 Å². The van der Waals surface area contributed by atoms with Gasteiger partial charge in [0, 0.05) is 11.5 Å². The molecule has 4 heteroatoms. The normalized spacial score (nSPS) is 11.1. The average molecular weight is 335 g/mol. The van der Waals surface area contributed by atoms with Gasteiger partial charge < -0.3 is 20.7 Å². The van der Waals surface area contributed by atoms with E-state index in [0.29, 0.717) is 17.0 Å². The predicted molar refractivity (Wildman–Crippen MR) is 98.4 cm³/mol. The Kier molecular flexibility index (Phi) is 5.03. The summed E-state index contributed by atoms with van der Waals surface area (Å²) in [6.45, 7) is 0. The number of ether oxygens (including phenoxy) is 1. The van der Waals surface area contributed by atoms with Crippen LogP contribution in [-0.2, 0) is 0 Å². The maximum absolute atomic E-state index is 9.64. The van der Waals surface area contributed by atoms with Gasteiger partial charge in [0.2, 0.25) is 0 Å². The maximum Gasteiger partial charge on any atom is 0.178 e. The number of benzene rings is 3. The Balaban J connectivity index is 2.25. The fourth-order valence-corrected chi connectivity index (χ4v) is 3.07. The molecule has 0 spiro atoms. The number of anilines is 1. The lowest BCUT2D eigenvalue weighted by Gasteiger charge is -2.23. The Labute approximate surface area is 147 Å². The number of hydrogen-bond acceptors (Lipinski definition) is 4. The fourth-order valence-electron chi connectivity index (χ4n) is 3.07. The molecule has 0 radical (unpaired) electrons. The Morgan fingerprint density at radius 2 is 1.32 bits per heavy atom. The van der Waals surface area contributed by atoms with Crippen molar-refractivity contribution < 1.29 is 14.9 Å². The second-order valence-electron chi connectivity index (χ2n) is 5.85. The molecule has 0 heterocycles. The zero-order chi connectivity index (χ0) is 17.8. The monoisotopic (exact) mass is 335 g/mol. The molecule has 0 saturated heterocycles. The molecule has 0 aromatic heterocycles. The summed E-state index contributed by atoms with van der Waals surface area (Å²) in [6, 6.07) is 23.2. The van der Waals surface area contributed by atoms with E-state index >= 15 is 0 Å². The molecule has 0 bridgehead atoms. The molecule has 25 heavy (non-hydrogen) atoms. The lowest BCUT2D eigenvalue weighted by Crippen LogP contribution is -2.10. The number of hydrogen-bond donors (Lipinski definition) is 3. The van der Waals surface area contributed by atoms with Gasteiger partial charge in [-0.05, 0) is 28.8 Å². The van der Waals surface area contributed by atoms with Crippen molar-refractivity contribution in [3.63, 3.8) is 0 Å². The van der Waals surface area contributed by atoms with E-state index in [4.69, 9.17) is 10.5 Å². The van der Waals surface area contributed by atoms with Crippen molar-refractivity contribution in [3.05, 3.63) is 95.1 Å². The summed E-state index contributed by atoms with van der Waals surface area (Å²) in [6.07, 6.45) is -1.60. The zero-order valence-corrected chi connectivity index (χ0v) is 14.0. The zero-order valence-electron chi connectivity index (χ0n) is 14.0. The van der Waals surface area contributed by atoms with Crippen LogP contribution < -0.4 is 10.5 Å². The molecule has 0 saturated carbocycles. The predicted octanol–water partition coefficient (Wildman–Crippen LogP) is 3.44. The van der Waals surface area contributed by atoms with Crippen LogP contribution in [0.5, 0.6) is 5.75 Å². The third kappa shape index (κ3) is 3.50. The first-order valence-electron chi connectivity index (χ1n) is 8.05. The summed E-state index contributed by atoms with van der Waals surface area (Å²) >= 11 is 0. The summed E-state index contributed by atoms with van der Waals surface area (Å²) in [5.74, 6) is 0.285. The molecule has 0 aliphatic rings. The van der Waals surface area contributed by atoms with Crippen molar-refractivity contribution in [1.82, 2.24) is 0 Å². The van der Waals surface area contributed by atoms with Crippen molar-refractivity contribution in [2.24, 2.45) is 0 Å². The Hall–Kier alpha value is -2.82. The summed E-state index contributed by atoms with van der Waals surface area (Å²) in [5, 5.41) is 19.3. The van der Waals surface area contributed by atoms with Crippen molar-refractivity contribution in [2.75, 3.05) is 12.8 Å². The molecule has 3 aromatic carbocycles. The average Bonchev–Trinajstić information content (AvgIpc) is 2.65. The van der Waals surface area contributed by atoms with Gasteiger partial charge in [-0.2, -0.15) is 0 Å². The van der Waals surface area contributed by atoms with E-state index in [0.717, 1.165) is 16.7 Å². The first kappa shape index (κ1) is 17.0. The first-order chi connectivity index (χ1) is 12.1. The van der Waals surface area contributed by atoms with Crippen molar-refractivity contribution in [1.29, 1.82) is 0 Å². The quantitative estimate of drug-likeness (QED) is 0.379. The van der Waals surface area contributed by atoms with Gasteiger partial charge in [-0.1, -0.05) is 60.7 Å². The van der Waals surface area contributed by atoms with E-state index in [1.54, 1.807) is 12.1 Å². The van der Waals surface area contributed by atoms with Gasteiger partial charge in [-0.15, -0.1) is 0 Å². The van der Waals surface area contributed by atoms with Crippen molar-refractivity contribution >= 4 is 5.69 Å². The van der Waals surface area contributed by atoms with Crippen LogP contribution >= 0.6 is 0 Å². The number of aliphatic hydroxyl groups is 2. The number of rotatable bonds is 5. The second kappa shape index (κ2) is 7.38. The van der Waals surface area contributed by atoms with E-state index in [-0.39, 0.29) is 5.92 Å². The van der Waals surface area contributed by atoms with Gasteiger partial charge in [0.15, 0.2) is 6.29 Å². The molecular weight excluding hydrogens is 314 g/mol. The highest BCUT2D eigenvalue weighted by Crippen LogP contribution is 2.40. The molecule has 3 aromatic rings. The van der Waals surface area contributed by atoms with Crippen LogP contribution in [-0.4, -0.2) is 17.3 Å². The molecule has 0 atom stereocenters.